The number of halogens is 1. The van der Waals surface area contributed by atoms with Crippen LogP contribution < -0.4 is 0 Å². The zero-order valence-electron chi connectivity index (χ0n) is 10.6. The standard InChI is InChI=1S/C13H14ClN5/c1-10-6-11-13(16-8-10)19(12(7-14)17-11)5-4-18-3-2-15-9-18/h2-3,6,8-9H,4-5,7H2,1H3. The molecule has 0 saturated carbocycles. The Labute approximate surface area is 115 Å². The number of imidazole rings is 2. The lowest BCUT2D eigenvalue weighted by Crippen LogP contribution is -2.09. The average molecular weight is 276 g/mol. The van der Waals surface area contributed by atoms with Crippen LogP contribution in [0.15, 0.2) is 31.0 Å². The Morgan fingerprint density at radius 2 is 2.21 bits per heavy atom. The first kappa shape index (κ1) is 12.2. The molecule has 0 aliphatic heterocycles. The summed E-state index contributed by atoms with van der Waals surface area (Å²) in [6, 6.07) is 2.03. The molecule has 0 fully saturated rings. The summed E-state index contributed by atoms with van der Waals surface area (Å²) >= 11 is 5.97. The SMILES string of the molecule is Cc1cnc2c(c1)nc(CCl)n2CCn1ccnc1. The smallest absolute Gasteiger partial charge is 0.160 e. The second kappa shape index (κ2) is 5.01. The second-order valence-corrected chi connectivity index (χ2v) is 4.74. The molecular formula is C13H14ClN5. The van der Waals surface area contributed by atoms with E-state index in [0.29, 0.717) is 5.88 Å². The average Bonchev–Trinajstić information content (AvgIpc) is 3.02. The van der Waals surface area contributed by atoms with Crippen LogP contribution in [0.1, 0.15) is 11.4 Å². The molecule has 0 amide bonds. The van der Waals surface area contributed by atoms with Crippen LogP contribution in [0.5, 0.6) is 0 Å². The third kappa shape index (κ3) is 2.33. The Kier molecular flexibility index (Phi) is 3.21. The van der Waals surface area contributed by atoms with Crippen LogP contribution in [-0.2, 0) is 19.0 Å². The normalized spacial score (nSPS) is 11.3. The lowest BCUT2D eigenvalue weighted by Gasteiger charge is -2.07. The summed E-state index contributed by atoms with van der Waals surface area (Å²) in [7, 11) is 0. The zero-order valence-corrected chi connectivity index (χ0v) is 11.4. The summed E-state index contributed by atoms with van der Waals surface area (Å²) in [6.45, 7) is 3.62. The monoisotopic (exact) mass is 275 g/mol. The molecule has 0 unspecified atom stereocenters. The maximum absolute atomic E-state index is 5.97. The van der Waals surface area contributed by atoms with Crippen molar-refractivity contribution in [2.45, 2.75) is 25.9 Å². The van der Waals surface area contributed by atoms with Gasteiger partial charge in [-0.1, -0.05) is 0 Å². The maximum atomic E-state index is 5.97. The number of rotatable bonds is 4. The molecule has 0 aliphatic carbocycles. The molecule has 3 aromatic heterocycles. The van der Waals surface area contributed by atoms with Gasteiger partial charge < -0.3 is 9.13 Å². The zero-order chi connectivity index (χ0) is 13.2. The van der Waals surface area contributed by atoms with Crippen molar-refractivity contribution < 1.29 is 0 Å². The lowest BCUT2D eigenvalue weighted by molar-refractivity contribution is 0.574. The highest BCUT2D eigenvalue weighted by atomic mass is 35.5. The van der Waals surface area contributed by atoms with Crippen LogP contribution in [-0.4, -0.2) is 24.1 Å². The van der Waals surface area contributed by atoms with Crippen LogP contribution in [0.25, 0.3) is 11.2 Å². The van der Waals surface area contributed by atoms with Gasteiger partial charge in [-0.2, -0.15) is 0 Å². The second-order valence-electron chi connectivity index (χ2n) is 4.47. The molecule has 0 aliphatic rings. The highest BCUT2D eigenvalue weighted by Gasteiger charge is 2.11. The maximum Gasteiger partial charge on any atom is 0.160 e. The van der Waals surface area contributed by atoms with Gasteiger partial charge in [0.05, 0.1) is 12.2 Å². The Bertz CT molecular complexity index is 686. The molecule has 0 radical (unpaired) electrons. The molecule has 19 heavy (non-hydrogen) atoms. The molecule has 3 rings (SSSR count). The fourth-order valence-corrected chi connectivity index (χ4v) is 2.33. The molecule has 0 atom stereocenters. The quantitative estimate of drug-likeness (QED) is 0.687. The van der Waals surface area contributed by atoms with Crippen molar-refractivity contribution in [2.75, 3.05) is 0 Å². The molecule has 0 spiro atoms. The minimum atomic E-state index is 0.388. The molecular weight excluding hydrogens is 262 g/mol. The van der Waals surface area contributed by atoms with Crippen LogP contribution in [0.2, 0.25) is 0 Å². The van der Waals surface area contributed by atoms with E-state index >= 15 is 0 Å². The van der Waals surface area contributed by atoms with E-state index in [4.69, 9.17) is 11.6 Å². The number of hydrogen-bond donors (Lipinski definition) is 0. The van der Waals surface area contributed by atoms with Crippen molar-refractivity contribution in [2.24, 2.45) is 0 Å². The summed E-state index contributed by atoms with van der Waals surface area (Å²) in [5.41, 5.74) is 2.90. The summed E-state index contributed by atoms with van der Waals surface area (Å²) in [4.78, 5) is 13.0. The lowest BCUT2D eigenvalue weighted by atomic mass is 10.3. The first-order valence-electron chi connectivity index (χ1n) is 6.11. The van der Waals surface area contributed by atoms with Gasteiger partial charge in [0.15, 0.2) is 5.65 Å². The summed E-state index contributed by atoms with van der Waals surface area (Å²) in [5, 5.41) is 0. The number of aryl methyl sites for hydroxylation is 3. The van der Waals surface area contributed by atoms with Crippen molar-refractivity contribution >= 4 is 22.8 Å². The summed E-state index contributed by atoms with van der Waals surface area (Å²) < 4.78 is 4.10. The van der Waals surface area contributed by atoms with Gasteiger partial charge in [0.1, 0.15) is 11.3 Å². The highest BCUT2D eigenvalue weighted by molar-refractivity contribution is 6.16. The summed E-state index contributed by atoms with van der Waals surface area (Å²) in [5.74, 6) is 1.24. The van der Waals surface area contributed by atoms with Crippen molar-refractivity contribution in [3.63, 3.8) is 0 Å². The predicted octanol–water partition coefficient (Wildman–Crippen LogP) is 2.38. The molecule has 0 saturated heterocycles. The van der Waals surface area contributed by atoms with Crippen LogP contribution in [0, 0.1) is 6.92 Å². The van der Waals surface area contributed by atoms with Crippen molar-refractivity contribution in [1.82, 2.24) is 24.1 Å². The van der Waals surface area contributed by atoms with Crippen LogP contribution in [0.3, 0.4) is 0 Å². The van der Waals surface area contributed by atoms with E-state index in [1.54, 1.807) is 12.5 Å². The minimum Gasteiger partial charge on any atom is -0.336 e. The first-order chi connectivity index (χ1) is 9.28. The predicted molar refractivity (Wildman–Crippen MR) is 74.0 cm³/mol. The van der Waals surface area contributed by atoms with Crippen LogP contribution >= 0.6 is 11.6 Å². The molecule has 3 aromatic rings. The van der Waals surface area contributed by atoms with Gasteiger partial charge in [-0.25, -0.2) is 15.0 Å². The third-order valence-corrected chi connectivity index (χ3v) is 3.30. The minimum absolute atomic E-state index is 0.388. The number of pyridine rings is 1. The number of nitrogens with zero attached hydrogens (tertiary/aromatic N) is 5. The Hall–Kier alpha value is -1.88. The van der Waals surface area contributed by atoms with Gasteiger partial charge in [0.2, 0.25) is 0 Å². The van der Waals surface area contributed by atoms with Crippen molar-refractivity contribution in [3.05, 3.63) is 42.4 Å². The number of fused-ring (bicyclic) bond motifs is 1. The van der Waals surface area contributed by atoms with E-state index in [2.05, 4.69) is 19.5 Å². The van der Waals surface area contributed by atoms with Gasteiger partial charge in [-0.05, 0) is 18.6 Å². The topological polar surface area (TPSA) is 48.5 Å². The Balaban J connectivity index is 1.96. The van der Waals surface area contributed by atoms with E-state index < -0.39 is 0 Å². The highest BCUT2D eigenvalue weighted by Crippen LogP contribution is 2.16. The Morgan fingerprint density at radius 3 is 2.95 bits per heavy atom. The van der Waals surface area contributed by atoms with Crippen molar-refractivity contribution in [3.8, 4) is 0 Å². The van der Waals surface area contributed by atoms with Gasteiger partial charge >= 0.3 is 0 Å². The Morgan fingerprint density at radius 1 is 1.32 bits per heavy atom. The third-order valence-electron chi connectivity index (χ3n) is 3.06. The van der Waals surface area contributed by atoms with E-state index in [1.165, 1.54) is 0 Å². The molecule has 3 heterocycles. The van der Waals surface area contributed by atoms with E-state index in [-0.39, 0.29) is 0 Å². The number of aromatic nitrogens is 5. The van der Waals surface area contributed by atoms with E-state index in [1.807, 2.05) is 30.0 Å². The molecule has 0 N–H and O–H groups in total. The van der Waals surface area contributed by atoms with E-state index in [9.17, 15) is 0 Å². The largest absolute Gasteiger partial charge is 0.336 e. The van der Waals surface area contributed by atoms with Gasteiger partial charge in [0, 0.05) is 31.7 Å². The molecule has 0 aromatic carbocycles. The fraction of sp³-hybridized carbons (Fsp3) is 0.308. The molecule has 6 heteroatoms. The summed E-state index contributed by atoms with van der Waals surface area (Å²) in [6.07, 6.45) is 7.37. The number of alkyl halides is 1. The molecule has 0 bridgehead atoms. The van der Waals surface area contributed by atoms with Gasteiger partial charge in [-0.3, -0.25) is 0 Å². The van der Waals surface area contributed by atoms with E-state index in [0.717, 1.165) is 35.6 Å². The van der Waals surface area contributed by atoms with Gasteiger partial charge in [-0.15, -0.1) is 11.6 Å². The molecule has 98 valence electrons. The fourth-order valence-electron chi connectivity index (χ4n) is 2.13. The van der Waals surface area contributed by atoms with Gasteiger partial charge in [0.25, 0.3) is 0 Å². The van der Waals surface area contributed by atoms with Crippen LogP contribution in [0.4, 0.5) is 0 Å². The first-order valence-corrected chi connectivity index (χ1v) is 6.65. The van der Waals surface area contributed by atoms with Crippen molar-refractivity contribution in [1.29, 1.82) is 0 Å². The number of hydrogen-bond acceptors (Lipinski definition) is 3. The molecule has 5 nitrogen and oxygen atoms in total.